The third-order valence-corrected chi connectivity index (χ3v) is 3.94. The molecule has 0 spiro atoms. The van der Waals surface area contributed by atoms with E-state index in [9.17, 15) is 17.2 Å². The molecule has 2 aromatic rings. The van der Waals surface area contributed by atoms with Crippen molar-refractivity contribution >= 4 is 15.5 Å². The van der Waals surface area contributed by atoms with Gasteiger partial charge in [0.15, 0.2) is 9.84 Å². The van der Waals surface area contributed by atoms with Crippen LogP contribution >= 0.6 is 0 Å². The molecule has 0 saturated carbocycles. The summed E-state index contributed by atoms with van der Waals surface area (Å²) in [5.41, 5.74) is 6.74. The third kappa shape index (κ3) is 3.69. The second kappa shape index (κ2) is 5.69. The fraction of sp³-hybridized carbons (Fsp3) is 0.143. The van der Waals surface area contributed by atoms with Gasteiger partial charge in [-0.3, -0.25) is 0 Å². The van der Waals surface area contributed by atoms with Gasteiger partial charge in [0.25, 0.3) is 0 Å². The number of anilines is 1. The molecule has 4 nitrogen and oxygen atoms in total. The lowest BCUT2D eigenvalue weighted by atomic mass is 10.1. The molecule has 0 fully saturated rings. The Kier molecular flexibility index (Phi) is 4.13. The zero-order chi connectivity index (χ0) is 15.6. The number of alkyl halides is 2. The smallest absolute Gasteiger partial charge is 0.387 e. The summed E-state index contributed by atoms with van der Waals surface area (Å²) in [6.07, 6.45) is 1.10. The molecule has 0 bridgehead atoms. The Morgan fingerprint density at radius 1 is 1.10 bits per heavy atom. The molecule has 2 rings (SSSR count). The van der Waals surface area contributed by atoms with Gasteiger partial charge >= 0.3 is 6.61 Å². The van der Waals surface area contributed by atoms with Crippen LogP contribution < -0.4 is 10.5 Å². The summed E-state index contributed by atoms with van der Waals surface area (Å²) in [6.45, 7) is -2.98. The standard InChI is InChI=1S/C14H13F2NO3S/c1-21(18,19)11-4-2-3-9(7-11)10-5-6-12(17)13(8-10)20-14(15)16/h2-8,14H,17H2,1H3. The molecule has 0 amide bonds. The zero-order valence-corrected chi connectivity index (χ0v) is 11.9. The molecule has 2 N–H and O–H groups in total. The minimum absolute atomic E-state index is 0.0818. The van der Waals surface area contributed by atoms with E-state index in [-0.39, 0.29) is 16.3 Å². The first kappa shape index (κ1) is 15.2. The molecule has 0 aromatic heterocycles. The lowest BCUT2D eigenvalue weighted by Gasteiger charge is -2.10. The number of rotatable bonds is 4. The lowest BCUT2D eigenvalue weighted by molar-refractivity contribution is -0.0493. The molecule has 0 radical (unpaired) electrons. The van der Waals surface area contributed by atoms with Gasteiger partial charge in [-0.2, -0.15) is 8.78 Å². The summed E-state index contributed by atoms with van der Waals surface area (Å²) in [5, 5.41) is 0. The highest BCUT2D eigenvalue weighted by molar-refractivity contribution is 7.90. The van der Waals surface area contributed by atoms with Crippen LogP contribution in [0, 0.1) is 0 Å². The van der Waals surface area contributed by atoms with Gasteiger partial charge in [0, 0.05) is 6.26 Å². The molecule has 7 heteroatoms. The van der Waals surface area contributed by atoms with E-state index in [0.717, 1.165) is 6.26 Å². The number of nitrogen functional groups attached to an aromatic ring is 1. The highest BCUT2D eigenvalue weighted by Crippen LogP contribution is 2.31. The van der Waals surface area contributed by atoms with Crippen molar-refractivity contribution in [2.75, 3.05) is 12.0 Å². The Balaban J connectivity index is 2.47. The summed E-state index contributed by atoms with van der Waals surface area (Å²) in [7, 11) is -3.35. The molecule has 0 aliphatic carbocycles. The van der Waals surface area contributed by atoms with Gasteiger partial charge in [-0.25, -0.2) is 8.42 Å². The van der Waals surface area contributed by atoms with E-state index in [2.05, 4.69) is 4.74 Å². The van der Waals surface area contributed by atoms with Crippen LogP contribution in [0.3, 0.4) is 0 Å². The van der Waals surface area contributed by atoms with Crippen LogP contribution in [0.2, 0.25) is 0 Å². The largest absolute Gasteiger partial charge is 0.433 e. The highest BCUT2D eigenvalue weighted by atomic mass is 32.2. The van der Waals surface area contributed by atoms with Crippen LogP contribution in [0.15, 0.2) is 47.4 Å². The molecule has 0 heterocycles. The van der Waals surface area contributed by atoms with Crippen LogP contribution in [0.25, 0.3) is 11.1 Å². The molecule has 21 heavy (non-hydrogen) atoms. The Labute approximate surface area is 121 Å². The minimum Gasteiger partial charge on any atom is -0.433 e. The van der Waals surface area contributed by atoms with Crippen molar-refractivity contribution in [3.8, 4) is 16.9 Å². The summed E-state index contributed by atoms with van der Waals surface area (Å²) < 4.78 is 52.0. The lowest BCUT2D eigenvalue weighted by Crippen LogP contribution is -2.04. The van der Waals surface area contributed by atoms with E-state index in [1.165, 1.54) is 24.3 Å². The highest BCUT2D eigenvalue weighted by Gasteiger charge is 2.12. The predicted molar refractivity (Wildman–Crippen MR) is 76.0 cm³/mol. The van der Waals surface area contributed by atoms with Gasteiger partial charge in [0.05, 0.1) is 10.6 Å². The van der Waals surface area contributed by atoms with Crippen molar-refractivity contribution in [3.05, 3.63) is 42.5 Å². The van der Waals surface area contributed by atoms with Crippen LogP contribution in [-0.2, 0) is 9.84 Å². The van der Waals surface area contributed by atoms with Crippen LogP contribution in [0.5, 0.6) is 5.75 Å². The number of ether oxygens (including phenoxy) is 1. The molecule has 2 aromatic carbocycles. The van der Waals surface area contributed by atoms with Crippen LogP contribution in [0.4, 0.5) is 14.5 Å². The topological polar surface area (TPSA) is 69.4 Å². The van der Waals surface area contributed by atoms with Crippen LogP contribution in [-0.4, -0.2) is 21.3 Å². The van der Waals surface area contributed by atoms with Gasteiger partial charge in [-0.05, 0) is 35.4 Å². The van der Waals surface area contributed by atoms with E-state index < -0.39 is 16.4 Å². The first-order valence-corrected chi connectivity index (χ1v) is 7.81. The predicted octanol–water partition coefficient (Wildman–Crippen LogP) is 2.94. The molecule has 0 aliphatic heterocycles. The maximum Gasteiger partial charge on any atom is 0.387 e. The van der Waals surface area contributed by atoms with Gasteiger partial charge in [-0.15, -0.1) is 0 Å². The number of hydrogen-bond acceptors (Lipinski definition) is 4. The summed E-state index contributed by atoms with van der Waals surface area (Å²) >= 11 is 0. The van der Waals surface area contributed by atoms with Crippen molar-refractivity contribution in [1.82, 2.24) is 0 Å². The van der Waals surface area contributed by atoms with Crippen molar-refractivity contribution < 1.29 is 21.9 Å². The van der Waals surface area contributed by atoms with Gasteiger partial charge in [0.1, 0.15) is 5.75 Å². The van der Waals surface area contributed by atoms with E-state index in [1.54, 1.807) is 18.2 Å². The molecule has 0 atom stereocenters. The molecule has 0 saturated heterocycles. The Hall–Kier alpha value is -2.15. The number of nitrogens with two attached hydrogens (primary N) is 1. The number of benzene rings is 2. The fourth-order valence-electron chi connectivity index (χ4n) is 1.82. The van der Waals surface area contributed by atoms with Gasteiger partial charge in [-0.1, -0.05) is 18.2 Å². The van der Waals surface area contributed by atoms with E-state index in [1.807, 2.05) is 0 Å². The Bertz CT molecular complexity index is 761. The van der Waals surface area contributed by atoms with Crippen LogP contribution in [0.1, 0.15) is 0 Å². The van der Waals surface area contributed by atoms with Crippen molar-refractivity contribution in [2.24, 2.45) is 0 Å². The molecular weight excluding hydrogens is 300 g/mol. The van der Waals surface area contributed by atoms with Crippen molar-refractivity contribution in [1.29, 1.82) is 0 Å². The molecule has 112 valence electrons. The van der Waals surface area contributed by atoms with Crippen molar-refractivity contribution in [2.45, 2.75) is 11.5 Å². The number of hydrogen-bond donors (Lipinski definition) is 1. The number of halogens is 2. The normalized spacial score (nSPS) is 11.6. The second-order valence-electron chi connectivity index (χ2n) is 4.43. The van der Waals surface area contributed by atoms with Crippen molar-refractivity contribution in [3.63, 3.8) is 0 Å². The van der Waals surface area contributed by atoms with E-state index >= 15 is 0 Å². The summed E-state index contributed by atoms with van der Waals surface area (Å²) in [6, 6.07) is 10.6. The Morgan fingerprint density at radius 2 is 1.76 bits per heavy atom. The average molecular weight is 313 g/mol. The van der Waals surface area contributed by atoms with Gasteiger partial charge < -0.3 is 10.5 Å². The fourth-order valence-corrected chi connectivity index (χ4v) is 2.49. The quantitative estimate of drug-likeness (QED) is 0.881. The first-order valence-electron chi connectivity index (χ1n) is 5.92. The SMILES string of the molecule is CS(=O)(=O)c1cccc(-c2ccc(N)c(OC(F)F)c2)c1. The molecule has 0 unspecified atom stereocenters. The third-order valence-electron chi connectivity index (χ3n) is 2.83. The summed E-state index contributed by atoms with van der Waals surface area (Å²) in [4.78, 5) is 0.146. The summed E-state index contributed by atoms with van der Waals surface area (Å²) in [5.74, 6) is -0.146. The van der Waals surface area contributed by atoms with E-state index in [0.29, 0.717) is 11.1 Å². The molecule has 0 aliphatic rings. The van der Waals surface area contributed by atoms with E-state index in [4.69, 9.17) is 5.73 Å². The van der Waals surface area contributed by atoms with Gasteiger partial charge in [0.2, 0.25) is 0 Å². The monoisotopic (exact) mass is 313 g/mol. The number of sulfone groups is 1. The minimum atomic E-state index is -3.35. The second-order valence-corrected chi connectivity index (χ2v) is 6.45. The first-order chi connectivity index (χ1) is 9.77. The molecular formula is C14H13F2NO3S. The maximum absolute atomic E-state index is 12.3. The zero-order valence-electron chi connectivity index (χ0n) is 11.1. The average Bonchev–Trinajstić information content (AvgIpc) is 2.40. The maximum atomic E-state index is 12.3. The Morgan fingerprint density at radius 3 is 2.38 bits per heavy atom.